The Morgan fingerprint density at radius 1 is 1.00 bits per heavy atom. The van der Waals surface area contributed by atoms with Gasteiger partial charge in [0.2, 0.25) is 0 Å². The van der Waals surface area contributed by atoms with Gasteiger partial charge in [-0.05, 0) is 54.8 Å². The van der Waals surface area contributed by atoms with E-state index in [4.69, 9.17) is 23.2 Å². The second-order valence-corrected chi connectivity index (χ2v) is 8.04. The maximum absolute atomic E-state index is 13.2. The number of fused-ring (bicyclic) bond motifs is 1. The molecule has 0 bridgehead atoms. The Bertz CT molecular complexity index is 1060. The molecule has 1 heterocycles. The molecule has 3 aromatic carbocycles. The van der Waals surface area contributed by atoms with Gasteiger partial charge in [0.25, 0.3) is 5.91 Å². The number of carbonyl (C=O) groups is 1. The van der Waals surface area contributed by atoms with Crippen LogP contribution >= 0.6 is 23.2 Å². The van der Waals surface area contributed by atoms with Crippen molar-refractivity contribution in [2.24, 2.45) is 0 Å². The number of nitrogens with one attached hydrogen (secondary N) is 1. The minimum atomic E-state index is -0.526. The van der Waals surface area contributed by atoms with E-state index in [0.717, 1.165) is 18.4 Å². The Hall–Kier alpha value is -2.89. The summed E-state index contributed by atoms with van der Waals surface area (Å²) in [5, 5.41) is 23.9. The van der Waals surface area contributed by atoms with Gasteiger partial charge in [-0.2, -0.15) is 0 Å². The molecule has 4 rings (SSSR count). The number of hydrogen-bond donors (Lipinski definition) is 3. The second-order valence-electron chi connectivity index (χ2n) is 7.19. The highest BCUT2D eigenvalue weighted by Crippen LogP contribution is 2.40. The average Bonchev–Trinajstić information content (AvgIpc) is 2.74. The molecule has 0 fully saturated rings. The van der Waals surface area contributed by atoms with E-state index in [0.29, 0.717) is 28.4 Å². The second kappa shape index (κ2) is 8.46. The van der Waals surface area contributed by atoms with Gasteiger partial charge in [-0.1, -0.05) is 47.5 Å². The summed E-state index contributed by atoms with van der Waals surface area (Å²) in [6, 6.07) is 17.9. The van der Waals surface area contributed by atoms with Crippen molar-refractivity contribution in [2.75, 3.05) is 11.9 Å². The molecule has 5 nitrogen and oxygen atoms in total. The van der Waals surface area contributed by atoms with Gasteiger partial charge >= 0.3 is 0 Å². The molecule has 0 saturated heterocycles. The van der Waals surface area contributed by atoms with Crippen LogP contribution in [0.3, 0.4) is 0 Å². The van der Waals surface area contributed by atoms with Crippen LogP contribution in [0.15, 0.2) is 60.7 Å². The highest BCUT2D eigenvalue weighted by molar-refractivity contribution is 6.32. The summed E-state index contributed by atoms with van der Waals surface area (Å²) >= 11 is 12.0. The lowest BCUT2D eigenvalue weighted by Gasteiger charge is -2.38. The van der Waals surface area contributed by atoms with Gasteiger partial charge in [-0.25, -0.2) is 0 Å². The number of aryl methyl sites for hydroxylation is 1. The molecule has 1 aliphatic heterocycles. The summed E-state index contributed by atoms with van der Waals surface area (Å²) in [5.41, 5.74) is 3.03. The molecule has 154 valence electrons. The van der Waals surface area contributed by atoms with Crippen LogP contribution in [-0.2, 0) is 6.42 Å². The predicted molar refractivity (Wildman–Crippen MR) is 118 cm³/mol. The normalized spacial score (nSPS) is 15.6. The Kier molecular flexibility index (Phi) is 5.75. The number of benzene rings is 3. The van der Waals surface area contributed by atoms with Crippen LogP contribution in [0.25, 0.3) is 0 Å². The third-order valence-corrected chi connectivity index (χ3v) is 5.72. The molecule has 1 aliphatic rings. The fraction of sp³-hybridized carbons (Fsp3) is 0.174. The van der Waals surface area contributed by atoms with Crippen LogP contribution in [0.5, 0.6) is 11.5 Å². The molecule has 3 N–H and O–H groups in total. The molecule has 30 heavy (non-hydrogen) atoms. The maximum Gasteiger partial charge on any atom is 0.257 e. The van der Waals surface area contributed by atoms with E-state index in [9.17, 15) is 15.0 Å². The minimum Gasteiger partial charge on any atom is -0.504 e. The molecule has 0 aliphatic carbocycles. The monoisotopic (exact) mass is 442 g/mol. The molecule has 7 heteroatoms. The largest absolute Gasteiger partial charge is 0.504 e. The molecule has 0 spiro atoms. The number of nitrogens with zero attached hydrogens (tertiary/aromatic N) is 1. The zero-order valence-corrected chi connectivity index (χ0v) is 17.5. The lowest BCUT2D eigenvalue weighted by Crippen LogP contribution is -2.43. The minimum absolute atomic E-state index is 0.0271. The number of rotatable bonds is 5. The van der Waals surface area contributed by atoms with Gasteiger partial charge in [-0.15, -0.1) is 0 Å². The highest BCUT2D eigenvalue weighted by atomic mass is 35.5. The lowest BCUT2D eigenvalue weighted by molar-refractivity contribution is 0.0680. The van der Waals surface area contributed by atoms with Crippen molar-refractivity contribution in [1.82, 2.24) is 4.90 Å². The molecule has 1 atom stereocenters. The van der Waals surface area contributed by atoms with Crippen molar-refractivity contribution < 1.29 is 15.0 Å². The van der Waals surface area contributed by atoms with E-state index in [1.54, 1.807) is 17.0 Å². The summed E-state index contributed by atoms with van der Waals surface area (Å²) in [7, 11) is 0. The summed E-state index contributed by atoms with van der Waals surface area (Å²) in [6.45, 7) is 0.493. The van der Waals surface area contributed by atoms with Crippen LogP contribution in [-0.4, -0.2) is 27.6 Å². The molecular weight excluding hydrogens is 423 g/mol. The summed E-state index contributed by atoms with van der Waals surface area (Å²) in [5.74, 6) is -0.807. The van der Waals surface area contributed by atoms with Crippen LogP contribution in [0.2, 0.25) is 10.0 Å². The van der Waals surface area contributed by atoms with Crippen molar-refractivity contribution in [2.45, 2.75) is 19.0 Å². The molecule has 3 aromatic rings. The maximum atomic E-state index is 13.2. The summed E-state index contributed by atoms with van der Waals surface area (Å²) in [4.78, 5) is 15.0. The van der Waals surface area contributed by atoms with E-state index in [2.05, 4.69) is 5.32 Å². The number of phenolic OH excluding ortho intramolecular Hbond substituents is 2. The van der Waals surface area contributed by atoms with Gasteiger partial charge in [0.15, 0.2) is 11.5 Å². The number of anilines is 1. The Balaban J connectivity index is 1.62. The van der Waals surface area contributed by atoms with Crippen LogP contribution in [0, 0.1) is 0 Å². The topological polar surface area (TPSA) is 72.8 Å². The van der Waals surface area contributed by atoms with E-state index in [-0.39, 0.29) is 22.4 Å². The molecule has 1 unspecified atom stereocenters. The first kappa shape index (κ1) is 20.4. The van der Waals surface area contributed by atoms with Gasteiger partial charge in [0.1, 0.15) is 6.17 Å². The smallest absolute Gasteiger partial charge is 0.257 e. The van der Waals surface area contributed by atoms with Crippen molar-refractivity contribution in [1.29, 1.82) is 0 Å². The lowest BCUT2D eigenvalue weighted by atomic mass is 10.0. The Morgan fingerprint density at radius 3 is 2.47 bits per heavy atom. The van der Waals surface area contributed by atoms with Gasteiger partial charge < -0.3 is 20.4 Å². The van der Waals surface area contributed by atoms with Crippen molar-refractivity contribution in [3.05, 3.63) is 87.4 Å². The van der Waals surface area contributed by atoms with Gasteiger partial charge in [-0.3, -0.25) is 4.79 Å². The van der Waals surface area contributed by atoms with E-state index < -0.39 is 6.17 Å². The molecule has 0 radical (unpaired) electrons. The third kappa shape index (κ3) is 4.04. The predicted octanol–water partition coefficient (Wildman–Crippen LogP) is 5.60. The molecular formula is C23H20Cl2N2O3. The van der Waals surface area contributed by atoms with Crippen LogP contribution in [0.4, 0.5) is 5.69 Å². The number of carbonyl (C=O) groups excluding carboxylic acids is 1. The average molecular weight is 443 g/mol. The van der Waals surface area contributed by atoms with E-state index >= 15 is 0 Å². The molecule has 1 amide bonds. The number of amides is 1. The number of phenols is 2. The van der Waals surface area contributed by atoms with Crippen molar-refractivity contribution in [3.63, 3.8) is 0 Å². The number of para-hydroxylation sites is 1. The highest BCUT2D eigenvalue weighted by Gasteiger charge is 2.33. The van der Waals surface area contributed by atoms with E-state index in [1.165, 1.54) is 6.07 Å². The first-order chi connectivity index (χ1) is 14.4. The van der Waals surface area contributed by atoms with Crippen LogP contribution in [0.1, 0.15) is 34.1 Å². The van der Waals surface area contributed by atoms with Gasteiger partial charge in [0.05, 0.1) is 10.6 Å². The van der Waals surface area contributed by atoms with Crippen molar-refractivity contribution >= 4 is 34.8 Å². The zero-order chi connectivity index (χ0) is 21.3. The van der Waals surface area contributed by atoms with Gasteiger partial charge in [0, 0.05) is 22.8 Å². The fourth-order valence-corrected chi connectivity index (χ4v) is 4.00. The Labute approximate surface area is 184 Å². The number of halogens is 2. The van der Waals surface area contributed by atoms with E-state index in [1.807, 2.05) is 42.5 Å². The SMILES string of the molecule is O=C1c2ccccc2NC(c2cc(O)c(O)c(Cl)c2)N1CCCc1ccc(Cl)cc1. The molecule has 0 saturated carbocycles. The third-order valence-electron chi connectivity index (χ3n) is 5.18. The summed E-state index contributed by atoms with van der Waals surface area (Å²) in [6.07, 6.45) is 1.00. The first-order valence-corrected chi connectivity index (χ1v) is 10.3. The number of aromatic hydroxyl groups is 2. The Morgan fingerprint density at radius 2 is 1.73 bits per heavy atom. The quantitative estimate of drug-likeness (QED) is 0.449. The standard InChI is InChI=1S/C23H20Cl2N2O3/c24-16-9-7-14(8-10-16)4-3-11-27-22(15-12-18(25)21(29)20(28)13-15)26-19-6-2-1-5-17(19)23(27)30/h1-2,5-10,12-13,22,26,28-29H,3-4,11H2. The van der Waals surface area contributed by atoms with Crippen molar-refractivity contribution in [3.8, 4) is 11.5 Å². The fourth-order valence-electron chi connectivity index (χ4n) is 3.65. The first-order valence-electron chi connectivity index (χ1n) is 9.56. The zero-order valence-electron chi connectivity index (χ0n) is 16.0. The number of hydrogen-bond acceptors (Lipinski definition) is 4. The summed E-state index contributed by atoms with van der Waals surface area (Å²) < 4.78 is 0. The van der Waals surface area contributed by atoms with Crippen LogP contribution < -0.4 is 5.32 Å². The molecule has 0 aromatic heterocycles.